The topological polar surface area (TPSA) is 95.6 Å². The number of H-pyrrole nitrogens is 1. The van der Waals surface area contributed by atoms with Gasteiger partial charge in [0.15, 0.2) is 0 Å². The van der Waals surface area contributed by atoms with Crippen LogP contribution in [0.15, 0.2) is 48.8 Å². The molecule has 30 heavy (non-hydrogen) atoms. The van der Waals surface area contributed by atoms with Crippen molar-refractivity contribution in [2.24, 2.45) is 0 Å². The molecule has 8 nitrogen and oxygen atoms in total. The molecule has 2 amide bonds. The van der Waals surface area contributed by atoms with Crippen molar-refractivity contribution in [1.29, 1.82) is 0 Å². The lowest BCUT2D eigenvalue weighted by Gasteiger charge is -2.39. The van der Waals surface area contributed by atoms with Crippen LogP contribution in [0.3, 0.4) is 0 Å². The van der Waals surface area contributed by atoms with Crippen molar-refractivity contribution < 1.29 is 19.1 Å². The highest BCUT2D eigenvalue weighted by atomic mass is 16.5. The molecule has 154 valence electrons. The molecule has 1 aliphatic rings. The number of fused-ring (bicyclic) bond motifs is 1. The lowest BCUT2D eigenvalue weighted by molar-refractivity contribution is -0.130. The molecule has 1 aliphatic heterocycles. The SMILES string of the molecule is COc1cccc2c(C(=O)C(=O)N3CCN(C(=O)c4ccccn4)C[C@H]3C)c[nH]c12. The highest BCUT2D eigenvalue weighted by Crippen LogP contribution is 2.27. The first-order chi connectivity index (χ1) is 14.5. The normalized spacial score (nSPS) is 16.5. The number of Topliss-reactive ketones (excluding diaryl/α,β-unsaturated/α-hetero) is 1. The van der Waals surface area contributed by atoms with E-state index < -0.39 is 11.7 Å². The fourth-order valence-corrected chi connectivity index (χ4v) is 3.83. The quantitative estimate of drug-likeness (QED) is 0.529. The Hall–Kier alpha value is -3.68. The van der Waals surface area contributed by atoms with Crippen molar-refractivity contribution in [2.75, 3.05) is 26.7 Å². The molecule has 3 aromatic rings. The minimum absolute atomic E-state index is 0.176. The van der Waals surface area contributed by atoms with Gasteiger partial charge < -0.3 is 19.5 Å². The number of para-hydroxylation sites is 1. The monoisotopic (exact) mass is 406 g/mol. The zero-order valence-electron chi connectivity index (χ0n) is 16.8. The number of methoxy groups -OCH3 is 1. The summed E-state index contributed by atoms with van der Waals surface area (Å²) in [4.78, 5) is 48.9. The minimum Gasteiger partial charge on any atom is -0.495 e. The molecule has 0 unspecified atom stereocenters. The van der Waals surface area contributed by atoms with Gasteiger partial charge in [-0.05, 0) is 25.1 Å². The Morgan fingerprint density at radius 1 is 1.13 bits per heavy atom. The first-order valence-corrected chi connectivity index (χ1v) is 9.71. The fraction of sp³-hybridized carbons (Fsp3) is 0.273. The smallest absolute Gasteiger partial charge is 0.295 e. The molecule has 1 saturated heterocycles. The summed E-state index contributed by atoms with van der Waals surface area (Å²) in [5.74, 6) is -0.722. The number of hydrogen-bond acceptors (Lipinski definition) is 5. The summed E-state index contributed by atoms with van der Waals surface area (Å²) < 4.78 is 5.30. The largest absolute Gasteiger partial charge is 0.495 e. The number of rotatable bonds is 4. The van der Waals surface area contributed by atoms with E-state index in [1.54, 1.807) is 60.8 Å². The molecule has 3 heterocycles. The van der Waals surface area contributed by atoms with Crippen molar-refractivity contribution in [3.05, 3.63) is 60.0 Å². The maximum absolute atomic E-state index is 13.0. The predicted molar refractivity (Wildman–Crippen MR) is 110 cm³/mol. The summed E-state index contributed by atoms with van der Waals surface area (Å²) in [7, 11) is 1.55. The fourth-order valence-electron chi connectivity index (χ4n) is 3.83. The number of aromatic nitrogens is 2. The van der Waals surface area contributed by atoms with E-state index >= 15 is 0 Å². The van der Waals surface area contributed by atoms with Crippen LogP contribution >= 0.6 is 0 Å². The van der Waals surface area contributed by atoms with Crippen molar-refractivity contribution in [1.82, 2.24) is 19.8 Å². The Bertz CT molecular complexity index is 1110. The number of ether oxygens (including phenoxy) is 1. The molecule has 1 aromatic carbocycles. The highest BCUT2D eigenvalue weighted by Gasteiger charge is 2.34. The van der Waals surface area contributed by atoms with Gasteiger partial charge in [0, 0.05) is 43.5 Å². The molecular weight excluding hydrogens is 384 g/mol. The van der Waals surface area contributed by atoms with Crippen LogP contribution in [0.25, 0.3) is 10.9 Å². The van der Waals surface area contributed by atoms with E-state index in [-0.39, 0.29) is 18.5 Å². The average Bonchev–Trinajstić information content (AvgIpc) is 3.22. The second kappa shape index (κ2) is 7.98. The van der Waals surface area contributed by atoms with Gasteiger partial charge in [-0.2, -0.15) is 0 Å². The second-order valence-electron chi connectivity index (χ2n) is 7.23. The second-order valence-corrected chi connectivity index (χ2v) is 7.23. The number of benzene rings is 1. The summed E-state index contributed by atoms with van der Waals surface area (Å²) in [6.07, 6.45) is 3.12. The summed E-state index contributed by atoms with van der Waals surface area (Å²) in [5, 5.41) is 0.643. The number of pyridine rings is 1. The molecule has 1 atom stereocenters. The minimum atomic E-state index is -0.578. The summed E-state index contributed by atoms with van der Waals surface area (Å²) in [6, 6.07) is 10.2. The number of nitrogens with zero attached hydrogens (tertiary/aromatic N) is 3. The van der Waals surface area contributed by atoms with Gasteiger partial charge in [0.25, 0.3) is 17.6 Å². The van der Waals surface area contributed by atoms with Crippen molar-refractivity contribution >= 4 is 28.5 Å². The number of piperazine rings is 1. The van der Waals surface area contributed by atoms with Gasteiger partial charge in [0.05, 0.1) is 18.2 Å². The van der Waals surface area contributed by atoms with E-state index in [4.69, 9.17) is 4.74 Å². The number of nitrogens with one attached hydrogen (secondary N) is 1. The summed E-state index contributed by atoms with van der Waals surface area (Å²) in [5.41, 5.74) is 1.36. The first-order valence-electron chi connectivity index (χ1n) is 9.71. The number of aromatic amines is 1. The maximum atomic E-state index is 13.0. The third-order valence-corrected chi connectivity index (χ3v) is 5.40. The third-order valence-electron chi connectivity index (χ3n) is 5.40. The molecule has 0 aliphatic carbocycles. The van der Waals surface area contributed by atoms with E-state index in [1.807, 2.05) is 6.92 Å². The molecule has 2 aromatic heterocycles. The van der Waals surface area contributed by atoms with E-state index in [2.05, 4.69) is 9.97 Å². The molecule has 0 radical (unpaired) electrons. The zero-order valence-corrected chi connectivity index (χ0v) is 16.8. The Kier molecular flexibility index (Phi) is 5.22. The van der Waals surface area contributed by atoms with Crippen molar-refractivity contribution in [3.63, 3.8) is 0 Å². The summed E-state index contributed by atoms with van der Waals surface area (Å²) >= 11 is 0. The third kappa shape index (κ3) is 3.41. The van der Waals surface area contributed by atoms with Crippen LogP contribution in [0, 0.1) is 0 Å². The van der Waals surface area contributed by atoms with Crippen LogP contribution in [0.5, 0.6) is 5.75 Å². The molecular formula is C22H22N4O4. The van der Waals surface area contributed by atoms with Gasteiger partial charge in [-0.15, -0.1) is 0 Å². The Labute approximate surface area is 173 Å². The Balaban J connectivity index is 1.49. The van der Waals surface area contributed by atoms with Crippen LogP contribution in [0.2, 0.25) is 0 Å². The number of carbonyl (C=O) groups is 3. The Morgan fingerprint density at radius 2 is 1.97 bits per heavy atom. The van der Waals surface area contributed by atoms with Crippen LogP contribution in [0.1, 0.15) is 27.8 Å². The van der Waals surface area contributed by atoms with Crippen LogP contribution in [0.4, 0.5) is 0 Å². The number of amides is 2. The molecule has 8 heteroatoms. The van der Waals surface area contributed by atoms with Gasteiger partial charge in [-0.1, -0.05) is 18.2 Å². The molecule has 1 fully saturated rings. The predicted octanol–water partition coefficient (Wildman–Crippen LogP) is 2.13. The van der Waals surface area contributed by atoms with Crippen LogP contribution in [-0.4, -0.2) is 70.2 Å². The van der Waals surface area contributed by atoms with Gasteiger partial charge in [0.1, 0.15) is 11.4 Å². The van der Waals surface area contributed by atoms with E-state index in [0.717, 1.165) is 0 Å². The molecule has 1 N–H and O–H groups in total. The lowest BCUT2D eigenvalue weighted by Crippen LogP contribution is -2.56. The highest BCUT2D eigenvalue weighted by molar-refractivity contribution is 6.45. The van der Waals surface area contributed by atoms with Crippen LogP contribution < -0.4 is 4.74 Å². The number of ketones is 1. The van der Waals surface area contributed by atoms with Gasteiger partial charge >= 0.3 is 0 Å². The van der Waals surface area contributed by atoms with E-state index in [0.29, 0.717) is 41.0 Å². The number of hydrogen-bond donors (Lipinski definition) is 1. The molecule has 0 bridgehead atoms. The summed E-state index contributed by atoms with van der Waals surface area (Å²) in [6.45, 7) is 2.81. The average molecular weight is 406 g/mol. The van der Waals surface area contributed by atoms with E-state index in [9.17, 15) is 14.4 Å². The zero-order chi connectivity index (χ0) is 21.3. The van der Waals surface area contributed by atoms with Gasteiger partial charge in [-0.25, -0.2) is 0 Å². The van der Waals surface area contributed by atoms with E-state index in [1.165, 1.54) is 4.90 Å². The first kappa shape index (κ1) is 19.6. The lowest BCUT2D eigenvalue weighted by atomic mass is 10.1. The Morgan fingerprint density at radius 3 is 2.67 bits per heavy atom. The molecule has 4 rings (SSSR count). The van der Waals surface area contributed by atoms with Crippen molar-refractivity contribution in [2.45, 2.75) is 13.0 Å². The molecule has 0 saturated carbocycles. The maximum Gasteiger partial charge on any atom is 0.295 e. The number of carbonyl (C=O) groups excluding carboxylic acids is 3. The van der Waals surface area contributed by atoms with Gasteiger partial charge in [0.2, 0.25) is 0 Å². The van der Waals surface area contributed by atoms with Gasteiger partial charge in [-0.3, -0.25) is 19.4 Å². The van der Waals surface area contributed by atoms with Crippen LogP contribution in [-0.2, 0) is 4.79 Å². The van der Waals surface area contributed by atoms with Crippen molar-refractivity contribution in [3.8, 4) is 5.75 Å². The molecule has 0 spiro atoms. The standard InChI is InChI=1S/C22H22N4O4/c1-14-13-25(21(28)17-7-3-4-9-23-17)10-11-26(14)22(29)20(27)16-12-24-19-15(16)6-5-8-18(19)30-2/h3-9,12,14,24H,10-11,13H2,1-2H3/t14-/m1/s1.